The molecule has 0 spiro atoms. The Bertz CT molecular complexity index is 3360. The van der Waals surface area contributed by atoms with Gasteiger partial charge in [0.1, 0.15) is 0 Å². The average molecular weight is 862 g/mol. The van der Waals surface area contributed by atoms with Crippen LogP contribution < -0.4 is 4.90 Å². The molecular weight excluding hydrogens is 807 g/mol. The van der Waals surface area contributed by atoms with Gasteiger partial charge >= 0.3 is 0 Å². The van der Waals surface area contributed by atoms with Crippen LogP contribution in [0.2, 0.25) is 0 Å². The molecule has 9 aromatic rings. The van der Waals surface area contributed by atoms with Gasteiger partial charge in [-0.3, -0.25) is 0 Å². The average Bonchev–Trinajstić information content (AvgIpc) is 3.91. The van der Waals surface area contributed by atoms with E-state index >= 15 is 0 Å². The molecule has 4 aliphatic rings. The van der Waals surface area contributed by atoms with E-state index in [1.807, 2.05) is 0 Å². The number of hydrogen-bond donors (Lipinski definition) is 0. The molecule has 0 N–H and O–H groups in total. The van der Waals surface area contributed by atoms with Gasteiger partial charge in [-0.1, -0.05) is 189 Å². The molecule has 0 bridgehead atoms. The molecule has 0 aromatic heterocycles. The highest BCUT2D eigenvalue weighted by Gasteiger charge is 2.40. The first-order valence-electron chi connectivity index (χ1n) is 24.2. The minimum Gasteiger partial charge on any atom is -0.310 e. The second-order valence-electron chi connectivity index (χ2n) is 21.8. The van der Waals surface area contributed by atoms with Crippen molar-refractivity contribution in [2.24, 2.45) is 0 Å². The normalized spacial score (nSPS) is 16.2. The predicted octanol–water partition coefficient (Wildman–Crippen LogP) is 17.7. The van der Waals surface area contributed by atoms with Crippen LogP contribution in [0.4, 0.5) is 17.1 Å². The molecule has 0 radical (unpaired) electrons. The smallest absolute Gasteiger partial charge is 0.0473 e. The van der Waals surface area contributed by atoms with Crippen molar-refractivity contribution in [3.05, 3.63) is 233 Å². The second-order valence-corrected chi connectivity index (χ2v) is 21.8. The summed E-state index contributed by atoms with van der Waals surface area (Å²) in [4.78, 5) is 2.55. The van der Waals surface area contributed by atoms with Crippen LogP contribution in [0.15, 0.2) is 188 Å². The van der Waals surface area contributed by atoms with Gasteiger partial charge in [-0.15, -0.1) is 0 Å². The Morgan fingerprint density at radius 2 is 0.507 bits per heavy atom. The number of fused-ring (bicyclic) bond motifs is 12. The zero-order chi connectivity index (χ0) is 45.8. The summed E-state index contributed by atoms with van der Waals surface area (Å²) < 4.78 is 0. The first-order valence-corrected chi connectivity index (χ1v) is 24.2. The highest BCUT2D eigenvalue weighted by atomic mass is 15.1. The molecule has 0 aliphatic heterocycles. The van der Waals surface area contributed by atoms with Crippen molar-refractivity contribution in [2.75, 3.05) is 4.90 Å². The monoisotopic (exact) mass is 861 g/mol. The summed E-state index contributed by atoms with van der Waals surface area (Å²) >= 11 is 0. The largest absolute Gasteiger partial charge is 0.310 e. The minimum absolute atomic E-state index is 0.113. The lowest BCUT2D eigenvalue weighted by Gasteiger charge is -2.30. The zero-order valence-corrected chi connectivity index (χ0v) is 39.8. The molecule has 13 rings (SSSR count). The summed E-state index contributed by atoms with van der Waals surface area (Å²) in [5, 5.41) is 0. The van der Waals surface area contributed by atoms with Crippen molar-refractivity contribution in [3.8, 4) is 66.8 Å². The summed E-state index contributed by atoms with van der Waals surface area (Å²) in [6.45, 7) is 19.1. The number of hydrogen-bond acceptors (Lipinski definition) is 1. The summed E-state index contributed by atoms with van der Waals surface area (Å²) in [5.41, 5.74) is 29.6. The molecule has 0 amide bonds. The van der Waals surface area contributed by atoms with Crippen LogP contribution in [0.3, 0.4) is 0 Å². The maximum atomic E-state index is 2.55. The second kappa shape index (κ2) is 13.7. The minimum atomic E-state index is -0.147. The van der Waals surface area contributed by atoms with Crippen LogP contribution in [0.25, 0.3) is 66.8 Å². The molecular formula is C66H55N. The fourth-order valence-corrected chi connectivity index (χ4v) is 13.0. The molecule has 1 heteroatoms. The quantitative estimate of drug-likeness (QED) is 0.167. The van der Waals surface area contributed by atoms with Gasteiger partial charge in [0.25, 0.3) is 0 Å². The van der Waals surface area contributed by atoms with Gasteiger partial charge in [-0.05, 0) is 166 Å². The van der Waals surface area contributed by atoms with Crippen LogP contribution in [0.5, 0.6) is 0 Å². The van der Waals surface area contributed by atoms with E-state index in [-0.39, 0.29) is 21.7 Å². The third kappa shape index (κ3) is 5.55. The molecule has 0 heterocycles. The number of anilines is 3. The maximum absolute atomic E-state index is 2.55. The third-order valence-corrected chi connectivity index (χ3v) is 16.7. The van der Waals surface area contributed by atoms with E-state index in [2.05, 4.69) is 248 Å². The van der Waals surface area contributed by atoms with Gasteiger partial charge < -0.3 is 4.90 Å². The van der Waals surface area contributed by atoms with E-state index in [0.717, 1.165) is 17.1 Å². The molecule has 0 saturated heterocycles. The highest BCUT2D eigenvalue weighted by molar-refractivity contribution is 5.93. The summed E-state index contributed by atoms with van der Waals surface area (Å²) in [6, 6.07) is 72.1. The Morgan fingerprint density at radius 3 is 0.851 bits per heavy atom. The van der Waals surface area contributed by atoms with E-state index in [4.69, 9.17) is 0 Å². The Hall–Kier alpha value is -7.22. The molecule has 9 aromatic carbocycles. The van der Waals surface area contributed by atoms with E-state index < -0.39 is 0 Å². The lowest BCUT2D eigenvalue weighted by atomic mass is 9.81. The summed E-state index contributed by atoms with van der Waals surface area (Å²) in [7, 11) is 0. The molecule has 0 fully saturated rings. The number of rotatable bonds is 5. The standard InChI is InChI=1S/C66H55N/c1-63(2)55-21-13-9-17-47(55)51-29-25-40(36-59(51)63)42-33-43(41-26-30-52-48-18-10-14-22-56(48)64(3,4)60(52)37-41)35-46(34-42)67(44-27-31-53-49-19-11-15-23-57(49)65(5,6)61(53)38-44)45-28-32-54-50-20-12-16-24-58(50)66(7,8)62(54)39-45/h9-39H,1-8H3. The fraction of sp³-hybridized carbons (Fsp3) is 0.182. The molecule has 67 heavy (non-hydrogen) atoms. The van der Waals surface area contributed by atoms with Gasteiger partial charge in [0.2, 0.25) is 0 Å². The lowest BCUT2D eigenvalue weighted by Crippen LogP contribution is -2.18. The van der Waals surface area contributed by atoms with Gasteiger partial charge in [0, 0.05) is 38.7 Å². The Morgan fingerprint density at radius 1 is 0.224 bits per heavy atom. The first kappa shape index (κ1) is 40.1. The van der Waals surface area contributed by atoms with E-state index in [0.29, 0.717) is 0 Å². The van der Waals surface area contributed by atoms with Crippen molar-refractivity contribution in [3.63, 3.8) is 0 Å². The van der Waals surface area contributed by atoms with Crippen LogP contribution >= 0.6 is 0 Å². The van der Waals surface area contributed by atoms with Gasteiger partial charge in [0.05, 0.1) is 0 Å². The van der Waals surface area contributed by atoms with Crippen LogP contribution in [-0.4, -0.2) is 0 Å². The predicted molar refractivity (Wildman–Crippen MR) is 282 cm³/mol. The van der Waals surface area contributed by atoms with E-state index in [1.54, 1.807) is 0 Å². The molecule has 1 nitrogen and oxygen atoms in total. The van der Waals surface area contributed by atoms with Gasteiger partial charge in [-0.25, -0.2) is 0 Å². The van der Waals surface area contributed by atoms with E-state index in [9.17, 15) is 0 Å². The lowest BCUT2D eigenvalue weighted by molar-refractivity contribution is 0.660. The summed E-state index contributed by atoms with van der Waals surface area (Å²) in [6.07, 6.45) is 0. The topological polar surface area (TPSA) is 3.24 Å². The van der Waals surface area contributed by atoms with Crippen LogP contribution in [0.1, 0.15) is 99.9 Å². The van der Waals surface area contributed by atoms with Crippen molar-refractivity contribution in [1.29, 1.82) is 0 Å². The van der Waals surface area contributed by atoms with Gasteiger partial charge in [-0.2, -0.15) is 0 Å². The molecule has 324 valence electrons. The van der Waals surface area contributed by atoms with E-state index in [1.165, 1.54) is 111 Å². The zero-order valence-electron chi connectivity index (χ0n) is 39.8. The SMILES string of the molecule is CC1(C)c2ccccc2-c2ccc(-c3cc(-c4ccc5c(c4)C(C)(C)c4ccccc4-5)cc(N(c4ccc5c(c4)C(C)(C)c4ccccc4-5)c4ccc5c(c4)C(C)(C)c4ccccc4-5)c3)cc21. The summed E-state index contributed by atoms with van der Waals surface area (Å²) in [5.74, 6) is 0. The maximum Gasteiger partial charge on any atom is 0.0473 e. The van der Waals surface area contributed by atoms with Crippen molar-refractivity contribution < 1.29 is 0 Å². The fourth-order valence-electron chi connectivity index (χ4n) is 13.0. The highest BCUT2D eigenvalue weighted by Crippen LogP contribution is 2.55. The van der Waals surface area contributed by atoms with Crippen molar-refractivity contribution in [1.82, 2.24) is 0 Å². The first-order chi connectivity index (χ1) is 32.2. The third-order valence-electron chi connectivity index (χ3n) is 16.7. The van der Waals surface area contributed by atoms with Crippen molar-refractivity contribution in [2.45, 2.75) is 77.0 Å². The number of nitrogens with zero attached hydrogens (tertiary/aromatic N) is 1. The Labute approximate surface area is 396 Å². The Balaban J connectivity index is 1.05. The van der Waals surface area contributed by atoms with Crippen molar-refractivity contribution >= 4 is 17.1 Å². The molecule has 0 saturated carbocycles. The molecule has 0 unspecified atom stereocenters. The molecule has 0 atom stereocenters. The van der Waals surface area contributed by atoms with Crippen LogP contribution in [-0.2, 0) is 21.7 Å². The van der Waals surface area contributed by atoms with Gasteiger partial charge in [0.15, 0.2) is 0 Å². The Kier molecular flexibility index (Phi) is 8.18. The molecule has 4 aliphatic carbocycles. The van der Waals surface area contributed by atoms with Crippen LogP contribution in [0, 0.1) is 0 Å². The number of benzene rings is 9.